The number of halogens is 4. The van der Waals surface area contributed by atoms with Gasteiger partial charge in [-0.2, -0.15) is 13.2 Å². The van der Waals surface area contributed by atoms with Crippen LogP contribution < -0.4 is 4.90 Å². The van der Waals surface area contributed by atoms with E-state index in [0.717, 1.165) is 49.1 Å². The molecule has 6 rings (SSSR count). The smallest absolute Gasteiger partial charge is 0.417 e. The number of piperidine rings is 1. The summed E-state index contributed by atoms with van der Waals surface area (Å²) < 4.78 is 62.5. The molecular weight excluding hydrogens is 500 g/mol. The molecule has 3 aromatic rings. The van der Waals surface area contributed by atoms with Gasteiger partial charge in [-0.05, 0) is 74.3 Å². The van der Waals surface area contributed by atoms with Gasteiger partial charge in [0.15, 0.2) is 0 Å². The summed E-state index contributed by atoms with van der Waals surface area (Å²) >= 11 is 0. The van der Waals surface area contributed by atoms with Crippen LogP contribution in [0, 0.1) is 5.82 Å². The van der Waals surface area contributed by atoms with Crippen LogP contribution in [-0.2, 0) is 17.5 Å². The van der Waals surface area contributed by atoms with E-state index in [4.69, 9.17) is 9.84 Å². The van der Waals surface area contributed by atoms with Crippen molar-refractivity contribution in [1.29, 1.82) is 0 Å². The molecule has 3 fully saturated rings. The Morgan fingerprint density at radius 3 is 2.37 bits per heavy atom. The second kappa shape index (κ2) is 9.45. The summed E-state index contributed by atoms with van der Waals surface area (Å²) in [5, 5.41) is 9.15. The van der Waals surface area contributed by atoms with E-state index >= 15 is 0 Å². The van der Waals surface area contributed by atoms with Crippen LogP contribution in [0.5, 0.6) is 0 Å². The number of nitrogens with one attached hydrogen (secondary N) is 1. The molecule has 3 aliphatic rings. The van der Waals surface area contributed by atoms with Crippen LogP contribution in [0.4, 0.5) is 23.2 Å². The Morgan fingerprint density at radius 1 is 1.03 bits per heavy atom. The lowest BCUT2D eigenvalue weighted by molar-refractivity contribution is -0.137. The van der Waals surface area contributed by atoms with Crippen LogP contribution in [0.15, 0.2) is 48.7 Å². The van der Waals surface area contributed by atoms with Gasteiger partial charge < -0.3 is 19.7 Å². The number of H-pyrrole nitrogens is 1. The predicted octanol–water partition coefficient (Wildman–Crippen LogP) is 7.13. The zero-order chi connectivity index (χ0) is 26.6. The number of alkyl halides is 3. The summed E-state index contributed by atoms with van der Waals surface area (Å²) in [5.41, 5.74) is 2.08. The maximum Gasteiger partial charge on any atom is 0.417 e. The highest BCUT2D eigenvalue weighted by Crippen LogP contribution is 2.46. The Labute approximate surface area is 217 Å². The minimum atomic E-state index is -4.46. The maximum atomic E-state index is 14.8. The quantitative estimate of drug-likeness (QED) is 0.320. The second-order valence-corrected chi connectivity index (χ2v) is 10.6. The van der Waals surface area contributed by atoms with Gasteiger partial charge in [-0.25, -0.2) is 9.18 Å². The minimum Gasteiger partial charge on any atom is -0.478 e. The van der Waals surface area contributed by atoms with E-state index in [9.17, 15) is 22.4 Å². The molecule has 2 aliphatic heterocycles. The number of benzene rings is 2. The van der Waals surface area contributed by atoms with Gasteiger partial charge in [-0.1, -0.05) is 18.2 Å². The van der Waals surface area contributed by atoms with Crippen molar-refractivity contribution in [1.82, 2.24) is 4.98 Å². The van der Waals surface area contributed by atoms with Gasteiger partial charge in [0.25, 0.3) is 0 Å². The number of carbonyl (C=O) groups is 1. The number of anilines is 1. The van der Waals surface area contributed by atoms with E-state index in [2.05, 4.69) is 9.88 Å². The van der Waals surface area contributed by atoms with Crippen LogP contribution in [0.2, 0.25) is 0 Å². The molecule has 2 aromatic carbocycles. The number of aromatic carboxylic acids is 1. The summed E-state index contributed by atoms with van der Waals surface area (Å²) in [4.78, 5) is 16.5. The molecule has 38 heavy (non-hydrogen) atoms. The summed E-state index contributed by atoms with van der Waals surface area (Å²) in [6.45, 7) is 0.211. The first-order valence-electron chi connectivity index (χ1n) is 13.0. The van der Waals surface area contributed by atoms with Crippen LogP contribution in [0.3, 0.4) is 0 Å². The van der Waals surface area contributed by atoms with Gasteiger partial charge in [0, 0.05) is 35.1 Å². The number of fused-ring (bicyclic) bond motifs is 2. The average Bonchev–Trinajstić information content (AvgIpc) is 3.58. The highest BCUT2D eigenvalue weighted by Gasteiger charge is 2.42. The predicted molar refractivity (Wildman–Crippen MR) is 134 cm³/mol. The molecule has 2 unspecified atom stereocenters. The standard InChI is InChI=1S/C29H28F4N2O3/c30-25-11-17(28(36)37)7-10-26(25)35-18-8-9-19(35)13-20(12-18)38-15-23-22(14-34-27(23)16-5-6-16)21-3-1-2-4-24(21)29(31,32)33/h1-4,7,10-11,14,16,18-20,34H,5-6,8-9,12-13,15H2,(H,36,37). The molecule has 2 saturated heterocycles. The van der Waals surface area contributed by atoms with E-state index in [-0.39, 0.29) is 35.9 Å². The van der Waals surface area contributed by atoms with E-state index in [0.29, 0.717) is 30.0 Å². The fraction of sp³-hybridized carbons (Fsp3) is 0.414. The van der Waals surface area contributed by atoms with Crippen molar-refractivity contribution in [2.24, 2.45) is 0 Å². The van der Waals surface area contributed by atoms with Crippen molar-refractivity contribution in [2.75, 3.05) is 4.90 Å². The first kappa shape index (κ1) is 25.0. The number of hydrogen-bond acceptors (Lipinski definition) is 3. The Hall–Kier alpha value is -3.33. The molecular formula is C29H28F4N2O3. The van der Waals surface area contributed by atoms with Gasteiger partial charge in [0.05, 0.1) is 29.5 Å². The van der Waals surface area contributed by atoms with E-state index in [1.165, 1.54) is 24.3 Å². The summed E-state index contributed by atoms with van der Waals surface area (Å²) in [7, 11) is 0. The van der Waals surface area contributed by atoms with Crippen molar-refractivity contribution in [2.45, 2.75) is 75.4 Å². The third-order valence-corrected chi connectivity index (χ3v) is 8.16. The van der Waals surface area contributed by atoms with Gasteiger partial charge >= 0.3 is 12.1 Å². The number of nitrogens with zero attached hydrogens (tertiary/aromatic N) is 1. The van der Waals surface area contributed by atoms with Crippen molar-refractivity contribution in [3.8, 4) is 11.1 Å². The maximum absolute atomic E-state index is 14.8. The lowest BCUT2D eigenvalue weighted by Crippen LogP contribution is -2.46. The SMILES string of the molecule is O=C(O)c1ccc(N2C3CCC2CC(OCc2c(-c4ccccc4C(F)(F)F)c[nH]c2C2CC2)C3)c(F)c1. The Kier molecular flexibility index (Phi) is 6.21. The van der Waals surface area contributed by atoms with Crippen LogP contribution >= 0.6 is 0 Å². The van der Waals surface area contributed by atoms with Crippen LogP contribution in [0.25, 0.3) is 11.1 Å². The van der Waals surface area contributed by atoms with Crippen molar-refractivity contribution in [3.63, 3.8) is 0 Å². The van der Waals surface area contributed by atoms with E-state index in [1.54, 1.807) is 12.3 Å². The summed E-state index contributed by atoms with van der Waals surface area (Å²) in [6, 6.07) is 9.78. The third kappa shape index (κ3) is 4.57. The largest absolute Gasteiger partial charge is 0.478 e. The van der Waals surface area contributed by atoms with Crippen LogP contribution in [0.1, 0.15) is 71.6 Å². The lowest BCUT2D eigenvalue weighted by atomic mass is 9.96. The molecule has 3 heterocycles. The molecule has 2 bridgehead atoms. The number of carboxylic acids is 1. The summed E-state index contributed by atoms with van der Waals surface area (Å²) in [6.07, 6.45) is 2.23. The first-order chi connectivity index (χ1) is 18.2. The highest BCUT2D eigenvalue weighted by atomic mass is 19.4. The number of carboxylic acid groups (broad SMARTS) is 1. The zero-order valence-corrected chi connectivity index (χ0v) is 20.6. The number of aromatic nitrogens is 1. The Bertz CT molecular complexity index is 1350. The molecule has 1 aliphatic carbocycles. The first-order valence-corrected chi connectivity index (χ1v) is 13.0. The number of ether oxygens (including phenoxy) is 1. The molecule has 0 radical (unpaired) electrons. The monoisotopic (exact) mass is 528 g/mol. The topological polar surface area (TPSA) is 65.6 Å². The molecule has 2 atom stereocenters. The van der Waals surface area contributed by atoms with Crippen LogP contribution in [-0.4, -0.2) is 34.2 Å². The van der Waals surface area contributed by atoms with Gasteiger partial charge in [0.2, 0.25) is 0 Å². The van der Waals surface area contributed by atoms with Gasteiger partial charge in [-0.15, -0.1) is 0 Å². The molecule has 0 amide bonds. The Balaban J connectivity index is 1.21. The highest BCUT2D eigenvalue weighted by molar-refractivity contribution is 5.88. The molecule has 5 nitrogen and oxygen atoms in total. The van der Waals surface area contributed by atoms with Crippen molar-refractivity contribution in [3.05, 3.63) is 76.9 Å². The number of aromatic amines is 1. The second-order valence-electron chi connectivity index (χ2n) is 10.6. The zero-order valence-electron chi connectivity index (χ0n) is 20.6. The molecule has 9 heteroatoms. The van der Waals surface area contributed by atoms with E-state index in [1.807, 2.05) is 0 Å². The molecule has 1 saturated carbocycles. The van der Waals surface area contributed by atoms with Gasteiger partial charge in [-0.3, -0.25) is 0 Å². The molecule has 0 spiro atoms. The Morgan fingerprint density at radius 2 is 1.74 bits per heavy atom. The fourth-order valence-corrected chi connectivity index (χ4v) is 6.27. The molecule has 1 aromatic heterocycles. The van der Waals surface area contributed by atoms with Crippen molar-refractivity contribution >= 4 is 11.7 Å². The normalized spacial score (nSPS) is 23.2. The molecule has 200 valence electrons. The number of rotatable bonds is 7. The van der Waals surface area contributed by atoms with Crippen molar-refractivity contribution < 1.29 is 32.2 Å². The molecule has 2 N–H and O–H groups in total. The number of hydrogen-bond donors (Lipinski definition) is 2. The van der Waals surface area contributed by atoms with E-state index < -0.39 is 23.5 Å². The fourth-order valence-electron chi connectivity index (χ4n) is 6.27. The third-order valence-electron chi connectivity index (χ3n) is 8.16. The lowest BCUT2D eigenvalue weighted by Gasteiger charge is -2.40. The van der Waals surface area contributed by atoms with Gasteiger partial charge in [0.1, 0.15) is 5.82 Å². The minimum absolute atomic E-state index is 0.0588. The average molecular weight is 529 g/mol. The summed E-state index contributed by atoms with van der Waals surface area (Å²) in [5.74, 6) is -1.40.